The predicted molar refractivity (Wildman–Crippen MR) is 96.7 cm³/mol. The number of carbonyl (C=O) groups is 1. The standard InChI is InChI=1S/C18H27BrN2O2/c1-18(2,3)23-17(22)21-12-6-8-15(13-21)20-11-10-14-7-4-5-9-16(14)19/h4-5,7,9,15,20H,6,8,10-13H2,1-3H3. The summed E-state index contributed by atoms with van der Waals surface area (Å²) in [5, 5.41) is 3.57. The van der Waals surface area contributed by atoms with Crippen LogP contribution in [0.3, 0.4) is 0 Å². The first-order valence-electron chi connectivity index (χ1n) is 8.30. The molecule has 128 valence electrons. The molecular formula is C18H27BrN2O2. The minimum Gasteiger partial charge on any atom is -0.444 e. The lowest BCUT2D eigenvalue weighted by molar-refractivity contribution is 0.0188. The summed E-state index contributed by atoms with van der Waals surface area (Å²) in [5.74, 6) is 0. The van der Waals surface area contributed by atoms with Crippen molar-refractivity contribution < 1.29 is 9.53 Å². The molecule has 0 spiro atoms. The molecule has 4 nitrogen and oxygen atoms in total. The normalized spacial score (nSPS) is 18.8. The number of hydrogen-bond acceptors (Lipinski definition) is 3. The Morgan fingerprint density at radius 2 is 2.13 bits per heavy atom. The number of amides is 1. The van der Waals surface area contributed by atoms with Crippen molar-refractivity contribution in [1.82, 2.24) is 10.2 Å². The fraction of sp³-hybridized carbons (Fsp3) is 0.611. The van der Waals surface area contributed by atoms with Crippen LogP contribution < -0.4 is 5.32 Å². The number of nitrogens with one attached hydrogen (secondary N) is 1. The Hall–Kier alpha value is -1.07. The van der Waals surface area contributed by atoms with Crippen molar-refractivity contribution in [2.45, 2.75) is 51.7 Å². The van der Waals surface area contributed by atoms with Gasteiger partial charge in [-0.3, -0.25) is 0 Å². The van der Waals surface area contributed by atoms with Gasteiger partial charge in [-0.05, 0) is 58.2 Å². The number of halogens is 1. The van der Waals surface area contributed by atoms with E-state index >= 15 is 0 Å². The molecule has 1 saturated heterocycles. The first-order valence-corrected chi connectivity index (χ1v) is 9.09. The van der Waals surface area contributed by atoms with Gasteiger partial charge in [0.15, 0.2) is 0 Å². The molecule has 1 aliphatic heterocycles. The summed E-state index contributed by atoms with van der Waals surface area (Å²) in [4.78, 5) is 14.0. The molecule has 1 N–H and O–H groups in total. The predicted octanol–water partition coefficient (Wildman–Crippen LogP) is 3.98. The fourth-order valence-corrected chi connectivity index (χ4v) is 3.23. The number of benzene rings is 1. The Morgan fingerprint density at radius 1 is 1.39 bits per heavy atom. The summed E-state index contributed by atoms with van der Waals surface area (Å²) >= 11 is 3.58. The number of carbonyl (C=O) groups excluding carboxylic acids is 1. The molecule has 1 aromatic carbocycles. The van der Waals surface area contributed by atoms with Crippen LogP contribution in [-0.4, -0.2) is 42.3 Å². The van der Waals surface area contributed by atoms with E-state index in [-0.39, 0.29) is 6.09 Å². The maximum Gasteiger partial charge on any atom is 0.410 e. The van der Waals surface area contributed by atoms with E-state index in [1.807, 2.05) is 31.7 Å². The van der Waals surface area contributed by atoms with E-state index in [9.17, 15) is 4.79 Å². The van der Waals surface area contributed by atoms with Crippen LogP contribution in [-0.2, 0) is 11.2 Å². The third-order valence-corrected chi connectivity index (χ3v) is 4.63. The Bertz CT molecular complexity index is 528. The first-order chi connectivity index (χ1) is 10.8. The van der Waals surface area contributed by atoms with Crippen molar-refractivity contribution in [3.05, 3.63) is 34.3 Å². The number of ether oxygens (including phenoxy) is 1. The molecule has 1 heterocycles. The topological polar surface area (TPSA) is 41.6 Å². The Labute approximate surface area is 147 Å². The molecule has 1 fully saturated rings. The minimum atomic E-state index is -0.433. The second-order valence-corrected chi connectivity index (χ2v) is 7.92. The molecule has 1 atom stereocenters. The highest BCUT2D eigenvalue weighted by molar-refractivity contribution is 9.10. The maximum absolute atomic E-state index is 12.2. The molecule has 1 amide bonds. The van der Waals surface area contributed by atoms with Gasteiger partial charge in [0.2, 0.25) is 0 Å². The van der Waals surface area contributed by atoms with E-state index in [0.717, 1.165) is 43.4 Å². The third-order valence-electron chi connectivity index (χ3n) is 3.86. The number of hydrogen-bond donors (Lipinski definition) is 1. The van der Waals surface area contributed by atoms with Gasteiger partial charge >= 0.3 is 6.09 Å². The molecular weight excluding hydrogens is 356 g/mol. The zero-order valence-corrected chi connectivity index (χ0v) is 15.9. The van der Waals surface area contributed by atoms with E-state index in [2.05, 4.69) is 39.4 Å². The SMILES string of the molecule is CC(C)(C)OC(=O)N1CCCC(NCCc2ccccc2Br)C1. The molecule has 5 heteroatoms. The van der Waals surface area contributed by atoms with Crippen molar-refractivity contribution in [3.63, 3.8) is 0 Å². The van der Waals surface area contributed by atoms with Crippen LogP contribution in [0.5, 0.6) is 0 Å². The summed E-state index contributed by atoms with van der Waals surface area (Å²) in [6.45, 7) is 8.14. The molecule has 1 aliphatic rings. The molecule has 23 heavy (non-hydrogen) atoms. The van der Waals surface area contributed by atoms with Crippen LogP contribution in [0.1, 0.15) is 39.2 Å². The third kappa shape index (κ3) is 6.15. The van der Waals surface area contributed by atoms with Crippen molar-refractivity contribution in [2.75, 3.05) is 19.6 Å². The molecule has 1 aromatic rings. The molecule has 2 rings (SSSR count). The molecule has 0 radical (unpaired) electrons. The van der Waals surface area contributed by atoms with Crippen LogP contribution in [0.2, 0.25) is 0 Å². The maximum atomic E-state index is 12.2. The highest BCUT2D eigenvalue weighted by atomic mass is 79.9. The van der Waals surface area contributed by atoms with Gasteiger partial charge in [0.1, 0.15) is 5.60 Å². The van der Waals surface area contributed by atoms with Gasteiger partial charge in [-0.1, -0.05) is 34.1 Å². The lowest BCUT2D eigenvalue weighted by Crippen LogP contribution is -2.49. The first kappa shape index (κ1) is 18.3. The average Bonchev–Trinajstić information content (AvgIpc) is 2.48. The van der Waals surface area contributed by atoms with Crippen molar-refractivity contribution >= 4 is 22.0 Å². The summed E-state index contributed by atoms with van der Waals surface area (Å²) in [6.07, 6.45) is 2.90. The molecule has 0 aromatic heterocycles. The van der Waals surface area contributed by atoms with Gasteiger partial charge < -0.3 is 15.0 Å². The van der Waals surface area contributed by atoms with Crippen molar-refractivity contribution in [1.29, 1.82) is 0 Å². The van der Waals surface area contributed by atoms with E-state index in [4.69, 9.17) is 4.74 Å². The summed E-state index contributed by atoms with van der Waals surface area (Å²) < 4.78 is 6.62. The summed E-state index contributed by atoms with van der Waals surface area (Å²) in [5.41, 5.74) is 0.872. The van der Waals surface area contributed by atoms with Crippen LogP contribution >= 0.6 is 15.9 Å². The van der Waals surface area contributed by atoms with E-state index < -0.39 is 5.60 Å². The monoisotopic (exact) mass is 382 g/mol. The molecule has 0 saturated carbocycles. The Morgan fingerprint density at radius 3 is 2.83 bits per heavy atom. The quantitative estimate of drug-likeness (QED) is 0.855. The molecule has 0 bridgehead atoms. The fourth-order valence-electron chi connectivity index (χ4n) is 2.75. The van der Waals surface area contributed by atoms with Crippen molar-refractivity contribution in [3.8, 4) is 0 Å². The lowest BCUT2D eigenvalue weighted by atomic mass is 10.1. The minimum absolute atomic E-state index is 0.199. The van der Waals surface area contributed by atoms with E-state index in [1.165, 1.54) is 5.56 Å². The molecule has 0 aliphatic carbocycles. The zero-order chi connectivity index (χ0) is 16.9. The van der Waals surface area contributed by atoms with Crippen molar-refractivity contribution in [2.24, 2.45) is 0 Å². The average molecular weight is 383 g/mol. The zero-order valence-electron chi connectivity index (χ0n) is 14.3. The van der Waals surface area contributed by atoms with Crippen LogP contribution in [0.4, 0.5) is 4.79 Å². The Kier molecular flexibility index (Phi) is 6.48. The second kappa shape index (κ2) is 8.15. The van der Waals surface area contributed by atoms with E-state index in [0.29, 0.717) is 6.04 Å². The molecule has 1 unspecified atom stereocenters. The number of piperidine rings is 1. The number of nitrogens with zero attached hydrogens (tertiary/aromatic N) is 1. The second-order valence-electron chi connectivity index (χ2n) is 7.06. The van der Waals surface area contributed by atoms with E-state index in [1.54, 1.807) is 0 Å². The smallest absolute Gasteiger partial charge is 0.410 e. The summed E-state index contributed by atoms with van der Waals surface area (Å²) in [7, 11) is 0. The lowest BCUT2D eigenvalue weighted by Gasteiger charge is -2.34. The highest BCUT2D eigenvalue weighted by Gasteiger charge is 2.27. The van der Waals surface area contributed by atoms with Crippen LogP contribution in [0.25, 0.3) is 0 Å². The number of likely N-dealkylation sites (tertiary alicyclic amines) is 1. The van der Waals surface area contributed by atoms with Gasteiger partial charge in [-0.2, -0.15) is 0 Å². The van der Waals surface area contributed by atoms with Gasteiger partial charge in [-0.15, -0.1) is 0 Å². The highest BCUT2D eigenvalue weighted by Crippen LogP contribution is 2.17. The van der Waals surface area contributed by atoms with Gasteiger partial charge in [-0.25, -0.2) is 4.79 Å². The van der Waals surface area contributed by atoms with Gasteiger partial charge in [0.05, 0.1) is 0 Å². The van der Waals surface area contributed by atoms with Crippen LogP contribution in [0.15, 0.2) is 28.7 Å². The summed E-state index contributed by atoms with van der Waals surface area (Å²) in [6, 6.07) is 8.64. The largest absolute Gasteiger partial charge is 0.444 e. The van der Waals surface area contributed by atoms with Gasteiger partial charge in [0.25, 0.3) is 0 Å². The Balaban J connectivity index is 1.78. The number of rotatable bonds is 4. The van der Waals surface area contributed by atoms with Gasteiger partial charge in [0, 0.05) is 23.6 Å². The van der Waals surface area contributed by atoms with Crippen LogP contribution in [0, 0.1) is 0 Å².